The molecule has 0 spiro atoms. The summed E-state index contributed by atoms with van der Waals surface area (Å²) in [5.74, 6) is 0.151. The molecule has 3 rings (SSSR count). The third kappa shape index (κ3) is 5.24. The fourth-order valence-electron chi connectivity index (χ4n) is 2.62. The zero-order chi connectivity index (χ0) is 21.7. The molecule has 0 fully saturated rings. The van der Waals surface area contributed by atoms with E-state index in [0.29, 0.717) is 35.3 Å². The number of methoxy groups -OCH3 is 1. The van der Waals surface area contributed by atoms with E-state index < -0.39 is 15.8 Å². The van der Waals surface area contributed by atoms with Crippen LogP contribution in [0.15, 0.2) is 59.5 Å². The van der Waals surface area contributed by atoms with Crippen LogP contribution in [0.3, 0.4) is 0 Å². The molecule has 1 aromatic heterocycles. The van der Waals surface area contributed by atoms with Crippen molar-refractivity contribution in [3.63, 3.8) is 0 Å². The quantitative estimate of drug-likeness (QED) is 0.577. The number of halogens is 1. The summed E-state index contributed by atoms with van der Waals surface area (Å²) in [6, 6.07) is 13.4. The molecule has 30 heavy (non-hydrogen) atoms. The van der Waals surface area contributed by atoms with E-state index in [1.54, 1.807) is 36.4 Å². The number of nitrogens with zero attached hydrogens (tertiary/aromatic N) is 2. The highest BCUT2D eigenvalue weighted by molar-refractivity contribution is 7.92. The van der Waals surface area contributed by atoms with E-state index in [0.717, 1.165) is 12.1 Å². The van der Waals surface area contributed by atoms with Crippen molar-refractivity contribution in [2.75, 3.05) is 18.4 Å². The van der Waals surface area contributed by atoms with Crippen molar-refractivity contribution >= 4 is 15.7 Å². The molecule has 0 saturated heterocycles. The summed E-state index contributed by atoms with van der Waals surface area (Å²) >= 11 is 0. The summed E-state index contributed by atoms with van der Waals surface area (Å²) in [7, 11) is -2.75. The lowest BCUT2D eigenvalue weighted by Crippen LogP contribution is -2.14. The van der Waals surface area contributed by atoms with Crippen LogP contribution in [0.4, 0.5) is 10.1 Å². The SMILES string of the molecule is COc1ccc(F)cc1S(=O)(=O)Nc1cccc(-c2ccc(OCC(C)C)nn2)c1. The maximum absolute atomic E-state index is 13.6. The van der Waals surface area contributed by atoms with Crippen molar-refractivity contribution in [1.82, 2.24) is 10.2 Å². The van der Waals surface area contributed by atoms with Gasteiger partial charge in [0.2, 0.25) is 5.88 Å². The largest absolute Gasteiger partial charge is 0.495 e. The molecule has 0 unspecified atom stereocenters. The topological polar surface area (TPSA) is 90.4 Å². The second-order valence-corrected chi connectivity index (χ2v) is 8.59. The molecule has 158 valence electrons. The molecule has 0 atom stereocenters. The molecule has 0 saturated carbocycles. The first kappa shape index (κ1) is 21.5. The molecule has 3 aromatic rings. The van der Waals surface area contributed by atoms with Gasteiger partial charge in [0.1, 0.15) is 16.5 Å². The van der Waals surface area contributed by atoms with Crippen LogP contribution in [0.5, 0.6) is 11.6 Å². The van der Waals surface area contributed by atoms with Crippen LogP contribution >= 0.6 is 0 Å². The Morgan fingerprint density at radius 3 is 2.53 bits per heavy atom. The van der Waals surface area contributed by atoms with Gasteiger partial charge in [-0.1, -0.05) is 26.0 Å². The molecule has 1 N–H and O–H groups in total. The van der Waals surface area contributed by atoms with Crippen LogP contribution in [-0.4, -0.2) is 32.3 Å². The standard InChI is InChI=1S/C21H22FN3O4S/c1-14(2)13-29-21-10-8-18(23-24-21)15-5-4-6-17(11-15)25-30(26,27)20-12-16(22)7-9-19(20)28-3/h4-12,14,25H,13H2,1-3H3. The first-order valence-electron chi connectivity index (χ1n) is 9.22. The number of sulfonamides is 1. The van der Waals surface area contributed by atoms with Gasteiger partial charge < -0.3 is 9.47 Å². The van der Waals surface area contributed by atoms with Crippen molar-refractivity contribution in [2.24, 2.45) is 5.92 Å². The molecular weight excluding hydrogens is 409 g/mol. The Kier molecular flexibility index (Phi) is 6.51. The summed E-state index contributed by atoms with van der Waals surface area (Å²) in [6.07, 6.45) is 0. The van der Waals surface area contributed by atoms with Crippen LogP contribution in [0.2, 0.25) is 0 Å². The number of anilines is 1. The fourth-order valence-corrected chi connectivity index (χ4v) is 3.85. The minimum Gasteiger partial charge on any atom is -0.495 e. The number of nitrogens with one attached hydrogen (secondary N) is 1. The lowest BCUT2D eigenvalue weighted by Gasteiger charge is -2.12. The number of hydrogen-bond acceptors (Lipinski definition) is 6. The monoisotopic (exact) mass is 431 g/mol. The average molecular weight is 431 g/mol. The Morgan fingerprint density at radius 1 is 1.07 bits per heavy atom. The predicted molar refractivity (Wildman–Crippen MR) is 112 cm³/mol. The van der Waals surface area contributed by atoms with Gasteiger partial charge in [-0.3, -0.25) is 4.72 Å². The maximum atomic E-state index is 13.6. The van der Waals surface area contributed by atoms with Gasteiger partial charge in [-0.2, -0.15) is 0 Å². The minimum absolute atomic E-state index is 0.0444. The Bertz CT molecular complexity index is 1120. The van der Waals surface area contributed by atoms with Crippen molar-refractivity contribution in [2.45, 2.75) is 18.7 Å². The zero-order valence-electron chi connectivity index (χ0n) is 16.8. The highest BCUT2D eigenvalue weighted by Gasteiger charge is 2.21. The zero-order valence-corrected chi connectivity index (χ0v) is 17.6. The molecule has 0 aliphatic carbocycles. The summed E-state index contributed by atoms with van der Waals surface area (Å²) in [4.78, 5) is -0.290. The van der Waals surface area contributed by atoms with Gasteiger partial charge in [0.05, 0.1) is 19.4 Å². The van der Waals surface area contributed by atoms with E-state index in [9.17, 15) is 12.8 Å². The first-order chi connectivity index (χ1) is 14.3. The third-order valence-corrected chi connectivity index (χ3v) is 5.43. The van der Waals surface area contributed by atoms with E-state index in [-0.39, 0.29) is 10.6 Å². The van der Waals surface area contributed by atoms with E-state index in [1.807, 2.05) is 13.8 Å². The molecule has 0 aliphatic heterocycles. The van der Waals surface area contributed by atoms with Crippen molar-refractivity contribution in [3.8, 4) is 22.9 Å². The van der Waals surface area contributed by atoms with Gasteiger partial charge in [-0.25, -0.2) is 12.8 Å². The normalized spacial score (nSPS) is 11.4. The highest BCUT2D eigenvalue weighted by atomic mass is 32.2. The average Bonchev–Trinajstić information content (AvgIpc) is 2.72. The molecule has 9 heteroatoms. The summed E-state index contributed by atoms with van der Waals surface area (Å²) < 4.78 is 52.1. The maximum Gasteiger partial charge on any atom is 0.265 e. The summed E-state index contributed by atoms with van der Waals surface area (Å²) in [6.45, 7) is 4.61. The third-order valence-electron chi connectivity index (χ3n) is 4.03. The molecular formula is C21H22FN3O4S. The van der Waals surface area contributed by atoms with E-state index in [1.165, 1.54) is 13.2 Å². The Hall–Kier alpha value is -3.20. The Balaban J connectivity index is 1.83. The minimum atomic E-state index is -4.07. The second kappa shape index (κ2) is 9.08. The number of ether oxygens (including phenoxy) is 2. The van der Waals surface area contributed by atoms with Gasteiger partial charge in [0.15, 0.2) is 0 Å². The van der Waals surface area contributed by atoms with Crippen LogP contribution in [0.25, 0.3) is 11.3 Å². The van der Waals surface area contributed by atoms with E-state index in [2.05, 4.69) is 14.9 Å². The van der Waals surface area contributed by atoms with Crippen LogP contribution in [-0.2, 0) is 10.0 Å². The van der Waals surface area contributed by atoms with E-state index >= 15 is 0 Å². The van der Waals surface area contributed by atoms with Crippen molar-refractivity contribution < 1.29 is 22.3 Å². The van der Waals surface area contributed by atoms with Crippen LogP contribution < -0.4 is 14.2 Å². The lowest BCUT2D eigenvalue weighted by atomic mass is 10.1. The molecule has 1 heterocycles. The fraction of sp³-hybridized carbons (Fsp3) is 0.238. The molecule has 0 aliphatic rings. The number of rotatable bonds is 8. The second-order valence-electron chi connectivity index (χ2n) is 6.94. The van der Waals surface area contributed by atoms with Crippen molar-refractivity contribution in [3.05, 3.63) is 60.4 Å². The molecule has 0 bridgehead atoms. The molecule has 0 amide bonds. The van der Waals surface area contributed by atoms with Crippen molar-refractivity contribution in [1.29, 1.82) is 0 Å². The highest BCUT2D eigenvalue weighted by Crippen LogP contribution is 2.28. The lowest BCUT2D eigenvalue weighted by molar-refractivity contribution is 0.258. The first-order valence-corrected chi connectivity index (χ1v) is 10.7. The molecule has 0 radical (unpaired) electrons. The number of hydrogen-bond donors (Lipinski definition) is 1. The molecule has 2 aromatic carbocycles. The summed E-state index contributed by atoms with van der Waals surface area (Å²) in [5, 5.41) is 8.18. The van der Waals surface area contributed by atoms with Gasteiger partial charge in [-0.05, 0) is 42.3 Å². The van der Waals surface area contributed by atoms with Crippen LogP contribution in [0, 0.1) is 11.7 Å². The van der Waals surface area contributed by atoms with Gasteiger partial charge >= 0.3 is 0 Å². The van der Waals surface area contributed by atoms with Gasteiger partial charge in [0.25, 0.3) is 10.0 Å². The smallest absolute Gasteiger partial charge is 0.265 e. The molecule has 7 nitrogen and oxygen atoms in total. The van der Waals surface area contributed by atoms with E-state index in [4.69, 9.17) is 9.47 Å². The summed E-state index contributed by atoms with van der Waals surface area (Å²) in [5.41, 5.74) is 1.50. The van der Waals surface area contributed by atoms with Gasteiger partial charge in [0, 0.05) is 17.3 Å². The predicted octanol–water partition coefficient (Wildman–Crippen LogP) is 4.13. The van der Waals surface area contributed by atoms with Gasteiger partial charge in [-0.15, -0.1) is 10.2 Å². The Labute approximate surface area is 174 Å². The number of benzene rings is 2. The number of aromatic nitrogens is 2. The van der Waals surface area contributed by atoms with Crippen LogP contribution in [0.1, 0.15) is 13.8 Å². The Morgan fingerprint density at radius 2 is 1.87 bits per heavy atom.